The van der Waals surface area contributed by atoms with E-state index in [1.807, 2.05) is 0 Å². The van der Waals surface area contributed by atoms with Crippen LogP contribution in [0.2, 0.25) is 0 Å². The Balaban J connectivity index is 1.47. The Morgan fingerprint density at radius 2 is 1.90 bits per heavy atom. The van der Waals surface area contributed by atoms with Gasteiger partial charge in [0, 0.05) is 31.4 Å². The largest absolute Gasteiger partial charge is 0.495 e. The van der Waals surface area contributed by atoms with Crippen LogP contribution in [0.3, 0.4) is 0 Å². The van der Waals surface area contributed by atoms with E-state index in [2.05, 4.69) is 10.2 Å². The van der Waals surface area contributed by atoms with Crippen molar-refractivity contribution >= 4 is 21.6 Å². The number of hydrogen-bond donors (Lipinski definition) is 1. The number of ether oxygens (including phenoxy) is 1. The first-order valence-electron chi connectivity index (χ1n) is 10.7. The van der Waals surface area contributed by atoms with Gasteiger partial charge in [0.2, 0.25) is 15.9 Å². The van der Waals surface area contributed by atoms with Gasteiger partial charge in [-0.15, -0.1) is 0 Å². The molecule has 4 rings (SSSR count). The maximum absolute atomic E-state index is 13.1. The summed E-state index contributed by atoms with van der Waals surface area (Å²) in [6.45, 7) is 2.41. The zero-order valence-electron chi connectivity index (χ0n) is 17.1. The Morgan fingerprint density at radius 1 is 1.17 bits per heavy atom. The van der Waals surface area contributed by atoms with E-state index in [0.29, 0.717) is 37.1 Å². The Labute approximate surface area is 173 Å². The van der Waals surface area contributed by atoms with Crippen LogP contribution in [0.1, 0.15) is 44.9 Å². The predicted octanol–water partition coefficient (Wildman–Crippen LogP) is 2.68. The molecule has 2 aliphatic carbocycles. The number of carbonyl (C=O) groups excluding carboxylic acids is 1. The fraction of sp³-hybridized carbons (Fsp3) is 0.667. The first-order valence-corrected chi connectivity index (χ1v) is 12.1. The van der Waals surface area contributed by atoms with Crippen LogP contribution in [0.25, 0.3) is 0 Å². The van der Waals surface area contributed by atoms with Gasteiger partial charge in [-0.05, 0) is 62.6 Å². The second kappa shape index (κ2) is 8.62. The van der Waals surface area contributed by atoms with Crippen LogP contribution in [0.15, 0.2) is 23.1 Å². The molecule has 2 saturated carbocycles. The second-order valence-electron chi connectivity index (χ2n) is 8.48. The minimum atomic E-state index is -3.65. The Kier molecular flexibility index (Phi) is 6.13. The molecule has 0 atom stereocenters. The highest BCUT2D eigenvalue weighted by Gasteiger charge is 2.35. The minimum Gasteiger partial charge on any atom is -0.495 e. The van der Waals surface area contributed by atoms with Crippen molar-refractivity contribution in [3.63, 3.8) is 0 Å². The maximum Gasteiger partial charge on any atom is 0.246 e. The van der Waals surface area contributed by atoms with Gasteiger partial charge in [-0.1, -0.05) is 6.42 Å². The Hall–Kier alpha value is -1.64. The molecule has 0 bridgehead atoms. The molecule has 3 fully saturated rings. The van der Waals surface area contributed by atoms with Gasteiger partial charge < -0.3 is 10.1 Å². The normalized spacial score (nSPS) is 20.6. The molecule has 1 amide bonds. The van der Waals surface area contributed by atoms with Gasteiger partial charge in [0.1, 0.15) is 10.6 Å². The number of piperidine rings is 1. The first kappa shape index (κ1) is 20.6. The van der Waals surface area contributed by atoms with Gasteiger partial charge in [0.15, 0.2) is 0 Å². The smallest absolute Gasteiger partial charge is 0.246 e. The van der Waals surface area contributed by atoms with Gasteiger partial charge in [-0.2, -0.15) is 4.31 Å². The number of carbonyl (C=O) groups is 1. The lowest BCUT2D eigenvalue weighted by atomic mass is 10.2. The monoisotopic (exact) mass is 421 g/mol. The van der Waals surface area contributed by atoms with E-state index in [4.69, 9.17) is 4.74 Å². The molecular weight excluding hydrogens is 390 g/mol. The number of methoxy groups -OCH3 is 1. The van der Waals surface area contributed by atoms with Crippen molar-refractivity contribution < 1.29 is 17.9 Å². The second-order valence-corrected chi connectivity index (χ2v) is 10.4. The Bertz CT molecular complexity index is 843. The standard InChI is InChI=1S/C21H31N3O4S/c1-28-19-10-7-17(13-20(19)29(26,27)24-11-3-2-4-12-24)22-21(25)15-23(18-8-9-18)14-16-5-6-16/h7,10,13,16,18H,2-6,8-9,11-12,14-15H2,1H3,(H,22,25). The van der Waals surface area contributed by atoms with Crippen molar-refractivity contribution in [2.24, 2.45) is 5.92 Å². The molecular formula is C21H31N3O4S. The molecule has 1 aromatic rings. The van der Waals surface area contributed by atoms with Crippen LogP contribution in [-0.4, -0.2) is 62.9 Å². The highest BCUT2D eigenvalue weighted by Crippen LogP contribution is 2.35. The number of sulfonamides is 1. The third-order valence-corrected chi connectivity index (χ3v) is 7.90. The number of rotatable bonds is 9. The van der Waals surface area contributed by atoms with Crippen LogP contribution in [0, 0.1) is 5.92 Å². The highest BCUT2D eigenvalue weighted by atomic mass is 32.2. The van der Waals surface area contributed by atoms with E-state index >= 15 is 0 Å². The summed E-state index contributed by atoms with van der Waals surface area (Å²) in [7, 11) is -2.18. The molecule has 160 valence electrons. The quantitative estimate of drug-likeness (QED) is 0.663. The van der Waals surface area contributed by atoms with Crippen molar-refractivity contribution in [2.45, 2.75) is 55.9 Å². The summed E-state index contributed by atoms with van der Waals surface area (Å²) in [5.74, 6) is 0.955. The lowest BCUT2D eigenvalue weighted by molar-refractivity contribution is -0.117. The number of benzene rings is 1. The molecule has 1 saturated heterocycles. The number of nitrogens with zero attached hydrogens (tertiary/aromatic N) is 2. The van der Waals surface area contributed by atoms with E-state index in [1.165, 1.54) is 43.2 Å². The third kappa shape index (κ3) is 5.10. The van der Waals surface area contributed by atoms with Crippen molar-refractivity contribution in [1.29, 1.82) is 0 Å². The van der Waals surface area contributed by atoms with Crippen molar-refractivity contribution in [3.05, 3.63) is 18.2 Å². The van der Waals surface area contributed by atoms with Gasteiger partial charge in [-0.25, -0.2) is 8.42 Å². The average molecular weight is 422 g/mol. The lowest BCUT2D eigenvalue weighted by Crippen LogP contribution is -2.36. The van der Waals surface area contributed by atoms with Crippen LogP contribution < -0.4 is 10.1 Å². The SMILES string of the molecule is COc1ccc(NC(=O)CN(CC2CC2)C2CC2)cc1S(=O)(=O)N1CCCCC1. The topological polar surface area (TPSA) is 79.0 Å². The maximum atomic E-state index is 13.1. The zero-order chi connectivity index (χ0) is 20.4. The number of hydrogen-bond acceptors (Lipinski definition) is 5. The number of nitrogens with one attached hydrogen (secondary N) is 1. The molecule has 0 aromatic heterocycles. The molecule has 7 nitrogen and oxygen atoms in total. The number of anilines is 1. The van der Waals surface area contributed by atoms with E-state index in [9.17, 15) is 13.2 Å². The first-order chi connectivity index (χ1) is 14.0. The molecule has 0 unspecified atom stereocenters. The van der Waals surface area contributed by atoms with Gasteiger partial charge in [0.25, 0.3) is 0 Å². The molecule has 0 radical (unpaired) electrons. The molecule has 1 N–H and O–H groups in total. The zero-order valence-corrected chi connectivity index (χ0v) is 17.9. The van der Waals surface area contributed by atoms with Crippen molar-refractivity contribution in [1.82, 2.24) is 9.21 Å². The number of amides is 1. The van der Waals surface area contributed by atoms with E-state index in [1.54, 1.807) is 12.1 Å². The highest BCUT2D eigenvalue weighted by molar-refractivity contribution is 7.89. The van der Waals surface area contributed by atoms with Gasteiger partial charge in [0.05, 0.1) is 13.7 Å². The summed E-state index contributed by atoms with van der Waals surface area (Å²) in [4.78, 5) is 15.0. The summed E-state index contributed by atoms with van der Waals surface area (Å²) < 4.78 is 33.1. The van der Waals surface area contributed by atoms with Crippen LogP contribution in [0.4, 0.5) is 5.69 Å². The summed E-state index contributed by atoms with van der Waals surface area (Å²) in [5, 5.41) is 2.90. The predicted molar refractivity (Wildman–Crippen MR) is 112 cm³/mol. The van der Waals surface area contributed by atoms with Gasteiger partial charge >= 0.3 is 0 Å². The summed E-state index contributed by atoms with van der Waals surface area (Å²) in [6, 6.07) is 5.39. The van der Waals surface area contributed by atoms with Crippen molar-refractivity contribution in [2.75, 3.05) is 38.6 Å². The summed E-state index contributed by atoms with van der Waals surface area (Å²) in [5.41, 5.74) is 0.494. The van der Waals surface area contributed by atoms with E-state index < -0.39 is 10.0 Å². The van der Waals surface area contributed by atoms with Gasteiger partial charge in [-0.3, -0.25) is 9.69 Å². The summed E-state index contributed by atoms with van der Waals surface area (Å²) >= 11 is 0. The summed E-state index contributed by atoms with van der Waals surface area (Å²) in [6.07, 6.45) is 7.66. The van der Waals surface area contributed by atoms with E-state index in [0.717, 1.165) is 31.7 Å². The molecule has 8 heteroatoms. The molecule has 3 aliphatic rings. The molecule has 1 heterocycles. The van der Waals surface area contributed by atoms with E-state index in [-0.39, 0.29) is 10.8 Å². The molecule has 1 aromatic carbocycles. The molecule has 0 spiro atoms. The minimum absolute atomic E-state index is 0.0935. The fourth-order valence-corrected chi connectivity index (χ4v) is 5.70. The molecule has 29 heavy (non-hydrogen) atoms. The lowest BCUT2D eigenvalue weighted by Gasteiger charge is -2.26. The molecule has 1 aliphatic heterocycles. The fourth-order valence-electron chi connectivity index (χ4n) is 4.00. The Morgan fingerprint density at radius 3 is 2.52 bits per heavy atom. The average Bonchev–Trinajstić information content (AvgIpc) is 3.62. The van der Waals surface area contributed by atoms with Crippen LogP contribution in [-0.2, 0) is 14.8 Å². The van der Waals surface area contributed by atoms with Crippen LogP contribution in [0.5, 0.6) is 5.75 Å². The van der Waals surface area contributed by atoms with Crippen LogP contribution >= 0.6 is 0 Å². The third-order valence-electron chi connectivity index (χ3n) is 5.98. The van der Waals surface area contributed by atoms with Crippen molar-refractivity contribution in [3.8, 4) is 5.75 Å².